The number of benzene rings is 2. The molecule has 0 aliphatic heterocycles. The molecule has 0 radical (unpaired) electrons. The highest BCUT2D eigenvalue weighted by Crippen LogP contribution is 2.41. The summed E-state index contributed by atoms with van der Waals surface area (Å²) in [6, 6.07) is 14.9. The Bertz CT molecular complexity index is 960. The maximum Gasteiger partial charge on any atom is 0.0547 e. The molecule has 0 aliphatic carbocycles. The van der Waals surface area contributed by atoms with E-state index in [0.717, 1.165) is 15.9 Å². The predicted molar refractivity (Wildman–Crippen MR) is 125 cm³/mol. The van der Waals surface area contributed by atoms with Gasteiger partial charge in [-0.15, -0.1) is 0 Å². The van der Waals surface area contributed by atoms with Crippen molar-refractivity contribution in [1.29, 1.82) is 0 Å². The van der Waals surface area contributed by atoms with E-state index in [1.165, 1.54) is 33.4 Å². The molecule has 0 bridgehead atoms. The lowest BCUT2D eigenvalue weighted by Crippen LogP contribution is -1.89. The number of hydrogen-bond donors (Lipinski definition) is 1. The highest BCUT2D eigenvalue weighted by molar-refractivity contribution is 9.10. The van der Waals surface area contributed by atoms with Crippen molar-refractivity contribution >= 4 is 28.1 Å². The fourth-order valence-electron chi connectivity index (χ4n) is 3.23. The maximum absolute atomic E-state index is 4.00. The molecule has 1 aromatic heterocycles. The molecule has 0 atom stereocenters. The van der Waals surface area contributed by atoms with Gasteiger partial charge in [0, 0.05) is 26.9 Å². The molecule has 0 fully saturated rings. The van der Waals surface area contributed by atoms with E-state index in [0.29, 0.717) is 0 Å². The molecule has 0 amide bonds. The number of aromatic nitrogens is 1. The second-order valence-electron chi connectivity index (χ2n) is 6.18. The van der Waals surface area contributed by atoms with Crippen molar-refractivity contribution < 1.29 is 0 Å². The number of hydrogen-bond acceptors (Lipinski definition) is 0. The fourth-order valence-corrected chi connectivity index (χ4v) is 3.59. The van der Waals surface area contributed by atoms with Gasteiger partial charge in [0.2, 0.25) is 0 Å². The molecule has 0 spiro atoms. The first kappa shape index (κ1) is 21.0. The average molecular weight is 422 g/mol. The zero-order valence-electron chi connectivity index (χ0n) is 16.9. The van der Waals surface area contributed by atoms with E-state index in [2.05, 4.69) is 96.0 Å². The topological polar surface area (TPSA) is 15.8 Å². The largest absolute Gasteiger partial charge is 0.354 e. The van der Waals surface area contributed by atoms with Gasteiger partial charge in [0.25, 0.3) is 0 Å². The van der Waals surface area contributed by atoms with Crippen molar-refractivity contribution in [2.75, 3.05) is 0 Å². The highest BCUT2D eigenvalue weighted by atomic mass is 79.9. The lowest BCUT2D eigenvalue weighted by molar-refractivity contribution is 1.34. The van der Waals surface area contributed by atoms with Crippen LogP contribution in [0.1, 0.15) is 43.2 Å². The van der Waals surface area contributed by atoms with Crippen LogP contribution in [-0.2, 0) is 0 Å². The Kier molecular flexibility index (Phi) is 7.44. The number of rotatable bonds is 4. The molecule has 27 heavy (non-hydrogen) atoms. The molecular weight excluding hydrogens is 394 g/mol. The Labute approximate surface area is 172 Å². The first-order valence-corrected chi connectivity index (χ1v) is 10.2. The van der Waals surface area contributed by atoms with Crippen LogP contribution < -0.4 is 0 Å². The number of halogens is 1. The van der Waals surface area contributed by atoms with Gasteiger partial charge in [-0.3, -0.25) is 0 Å². The average Bonchev–Trinajstić information content (AvgIpc) is 3.04. The predicted octanol–water partition coefficient (Wildman–Crippen LogP) is 8.43. The Morgan fingerprint density at radius 2 is 1.63 bits per heavy atom. The molecule has 140 valence electrons. The summed E-state index contributed by atoms with van der Waals surface area (Å²) < 4.78 is 1.08. The van der Waals surface area contributed by atoms with E-state index in [4.69, 9.17) is 0 Å². The van der Waals surface area contributed by atoms with E-state index in [9.17, 15) is 0 Å². The van der Waals surface area contributed by atoms with Crippen LogP contribution in [0.3, 0.4) is 0 Å². The molecule has 0 unspecified atom stereocenters. The monoisotopic (exact) mass is 421 g/mol. The Morgan fingerprint density at radius 1 is 0.963 bits per heavy atom. The summed E-state index contributed by atoms with van der Waals surface area (Å²) >= 11 is 3.61. The van der Waals surface area contributed by atoms with Crippen molar-refractivity contribution in [2.24, 2.45) is 0 Å². The van der Waals surface area contributed by atoms with E-state index in [1.807, 2.05) is 26.8 Å². The molecule has 1 N–H and O–H groups in total. The second-order valence-corrected chi connectivity index (χ2v) is 7.10. The molecule has 3 aromatic rings. The van der Waals surface area contributed by atoms with Crippen LogP contribution in [0.25, 0.3) is 34.5 Å². The third-order valence-corrected chi connectivity index (χ3v) is 4.98. The van der Waals surface area contributed by atoms with Gasteiger partial charge in [-0.25, -0.2) is 0 Å². The molecule has 0 saturated carbocycles. The van der Waals surface area contributed by atoms with Gasteiger partial charge < -0.3 is 4.98 Å². The summed E-state index contributed by atoms with van der Waals surface area (Å²) in [5, 5.41) is 0. The number of allylic oxidation sites excluding steroid dienone is 1. The minimum absolute atomic E-state index is 1.05. The third-order valence-electron chi connectivity index (χ3n) is 4.49. The van der Waals surface area contributed by atoms with Gasteiger partial charge in [0.05, 0.1) is 5.69 Å². The van der Waals surface area contributed by atoms with Crippen molar-refractivity contribution in [1.82, 2.24) is 4.98 Å². The molecule has 2 aromatic carbocycles. The summed E-state index contributed by atoms with van der Waals surface area (Å²) in [4.78, 5) is 3.60. The normalized spacial score (nSPS) is 10.6. The van der Waals surface area contributed by atoms with Crippen molar-refractivity contribution in [3.8, 4) is 22.4 Å². The van der Waals surface area contributed by atoms with Gasteiger partial charge in [-0.05, 0) is 55.7 Å². The number of aromatic amines is 1. The molecule has 0 saturated heterocycles. The van der Waals surface area contributed by atoms with Gasteiger partial charge in [-0.2, -0.15) is 0 Å². The van der Waals surface area contributed by atoms with Crippen molar-refractivity contribution in [3.63, 3.8) is 0 Å². The standard InChI is InChI=1S/C23H22BrN.C2H6/c1-5-9-19-21(6-2)25-23(20-14-17(24)13-12-16(20)4)22(19)18-11-8-7-10-15(18)3;1-2/h5-14,25H,2H2,1,3-4H3;1-2H3/b9-5-;. The van der Waals surface area contributed by atoms with Crippen LogP contribution in [0.4, 0.5) is 0 Å². The van der Waals surface area contributed by atoms with E-state index < -0.39 is 0 Å². The zero-order valence-corrected chi connectivity index (χ0v) is 18.4. The number of nitrogens with one attached hydrogen (secondary N) is 1. The SMILES string of the molecule is C=Cc1[nH]c(-c2cc(Br)ccc2C)c(-c2ccccc2C)c1/C=C\C.CC. The van der Waals surface area contributed by atoms with Gasteiger partial charge >= 0.3 is 0 Å². The van der Waals surface area contributed by atoms with Gasteiger partial charge in [0.1, 0.15) is 0 Å². The molecule has 3 rings (SSSR count). The van der Waals surface area contributed by atoms with Crippen molar-refractivity contribution in [3.05, 3.63) is 82.0 Å². The van der Waals surface area contributed by atoms with Crippen LogP contribution in [-0.4, -0.2) is 4.98 Å². The van der Waals surface area contributed by atoms with Crippen LogP contribution >= 0.6 is 15.9 Å². The highest BCUT2D eigenvalue weighted by Gasteiger charge is 2.19. The van der Waals surface area contributed by atoms with Gasteiger partial charge in [0.15, 0.2) is 0 Å². The quantitative estimate of drug-likeness (QED) is 0.434. The third kappa shape index (κ3) is 4.33. The Morgan fingerprint density at radius 3 is 2.26 bits per heavy atom. The molecule has 1 nitrogen and oxygen atoms in total. The maximum atomic E-state index is 4.00. The minimum Gasteiger partial charge on any atom is -0.354 e. The summed E-state index contributed by atoms with van der Waals surface area (Å²) in [5.41, 5.74) is 9.54. The van der Waals surface area contributed by atoms with E-state index >= 15 is 0 Å². The van der Waals surface area contributed by atoms with Crippen LogP contribution in [0.15, 0.2) is 59.6 Å². The zero-order chi connectivity index (χ0) is 20.0. The summed E-state index contributed by atoms with van der Waals surface area (Å²) in [5.74, 6) is 0. The molecule has 2 heteroatoms. The second kappa shape index (κ2) is 9.57. The molecule has 0 aliphatic rings. The van der Waals surface area contributed by atoms with Crippen molar-refractivity contribution in [2.45, 2.75) is 34.6 Å². The lowest BCUT2D eigenvalue weighted by atomic mass is 9.92. The number of H-pyrrole nitrogens is 1. The van der Waals surface area contributed by atoms with Crippen LogP contribution in [0.5, 0.6) is 0 Å². The number of aryl methyl sites for hydroxylation is 2. The Hall–Kier alpha value is -2.32. The van der Waals surface area contributed by atoms with E-state index in [-0.39, 0.29) is 0 Å². The molecule has 1 heterocycles. The summed E-state index contributed by atoms with van der Waals surface area (Å²) in [6.45, 7) is 14.4. The first-order chi connectivity index (χ1) is 13.1. The summed E-state index contributed by atoms with van der Waals surface area (Å²) in [6.07, 6.45) is 6.13. The lowest BCUT2D eigenvalue weighted by Gasteiger charge is -2.12. The summed E-state index contributed by atoms with van der Waals surface area (Å²) in [7, 11) is 0. The Balaban J connectivity index is 0.00000126. The minimum atomic E-state index is 1.05. The molecular formula is C25H28BrN. The van der Waals surface area contributed by atoms with Crippen LogP contribution in [0.2, 0.25) is 0 Å². The van der Waals surface area contributed by atoms with Crippen LogP contribution in [0, 0.1) is 13.8 Å². The smallest absolute Gasteiger partial charge is 0.0547 e. The van der Waals surface area contributed by atoms with Gasteiger partial charge in [-0.1, -0.05) is 78.8 Å². The van der Waals surface area contributed by atoms with E-state index in [1.54, 1.807) is 0 Å². The fraction of sp³-hybridized carbons (Fsp3) is 0.200. The first-order valence-electron chi connectivity index (χ1n) is 9.40.